The van der Waals surface area contributed by atoms with Gasteiger partial charge in [0, 0.05) is 11.1 Å². The van der Waals surface area contributed by atoms with Gasteiger partial charge in [-0.2, -0.15) is 0 Å². The monoisotopic (exact) mass is 424 g/mol. The molecule has 0 spiro atoms. The third-order valence-corrected chi connectivity index (χ3v) is 7.02. The smallest absolute Gasteiger partial charge is 0.265 e. The van der Waals surface area contributed by atoms with E-state index >= 15 is 0 Å². The highest BCUT2D eigenvalue weighted by molar-refractivity contribution is 7.93. The summed E-state index contributed by atoms with van der Waals surface area (Å²) in [4.78, 5) is 12.9. The van der Waals surface area contributed by atoms with Gasteiger partial charge in [-0.15, -0.1) is 0 Å². The number of carbonyl (C=O) groups excluding carboxylic acids is 1. The predicted molar refractivity (Wildman–Crippen MR) is 114 cm³/mol. The van der Waals surface area contributed by atoms with Crippen LogP contribution in [0.2, 0.25) is 0 Å². The Morgan fingerprint density at radius 1 is 1.03 bits per heavy atom. The van der Waals surface area contributed by atoms with Crippen molar-refractivity contribution in [3.05, 3.63) is 83.7 Å². The zero-order valence-electron chi connectivity index (χ0n) is 16.6. The van der Waals surface area contributed by atoms with E-state index in [-0.39, 0.29) is 17.3 Å². The topological polar surface area (TPSA) is 66.5 Å². The number of fused-ring (bicyclic) bond motifs is 3. The van der Waals surface area contributed by atoms with Gasteiger partial charge in [0.1, 0.15) is 12.4 Å². The number of nitrogens with one attached hydrogen (secondary N) is 1. The lowest BCUT2D eigenvalue weighted by Gasteiger charge is -2.32. The third kappa shape index (κ3) is 3.57. The second kappa shape index (κ2) is 7.57. The highest BCUT2D eigenvalue weighted by Gasteiger charge is 2.36. The van der Waals surface area contributed by atoms with Crippen LogP contribution in [-0.4, -0.2) is 20.9 Å². The Hall–Kier alpha value is -3.19. The number of rotatable bonds is 4. The molecule has 154 valence electrons. The van der Waals surface area contributed by atoms with Gasteiger partial charge in [-0.05, 0) is 49.7 Å². The molecule has 1 amide bonds. The Labute approximate surface area is 175 Å². The standard InChI is InChI=1S/C23H21FN2O3S/c1-15-7-12-21-20(13-15)19-5-3-4-6-22(19)30(28,29)26(21)14-23(27)25-16(2)17-8-10-18(24)11-9-17/h3-13,16H,14H2,1-2H3,(H,25,27)/t16-/m1/s1. The number of amides is 1. The van der Waals surface area contributed by atoms with Crippen molar-refractivity contribution in [2.45, 2.75) is 24.8 Å². The SMILES string of the molecule is Cc1ccc2c(c1)-c1ccccc1S(=O)(=O)N2CC(=O)N[C@H](C)c1ccc(F)cc1. The van der Waals surface area contributed by atoms with Crippen molar-refractivity contribution in [3.8, 4) is 11.1 Å². The molecule has 5 nitrogen and oxygen atoms in total. The molecule has 0 saturated carbocycles. The van der Waals surface area contributed by atoms with E-state index in [1.165, 1.54) is 12.1 Å². The molecule has 0 unspecified atom stereocenters. The zero-order chi connectivity index (χ0) is 21.5. The van der Waals surface area contributed by atoms with Crippen LogP contribution in [-0.2, 0) is 14.8 Å². The van der Waals surface area contributed by atoms with Crippen LogP contribution in [0.1, 0.15) is 24.1 Å². The van der Waals surface area contributed by atoms with Crippen LogP contribution in [0.25, 0.3) is 11.1 Å². The van der Waals surface area contributed by atoms with Crippen LogP contribution >= 0.6 is 0 Å². The Balaban J connectivity index is 1.65. The van der Waals surface area contributed by atoms with Crippen LogP contribution in [0.15, 0.2) is 71.6 Å². The molecule has 1 heterocycles. The molecule has 1 aliphatic rings. The Morgan fingerprint density at radius 3 is 2.47 bits per heavy atom. The zero-order valence-corrected chi connectivity index (χ0v) is 17.4. The molecule has 0 aromatic heterocycles. The largest absolute Gasteiger partial charge is 0.348 e. The molecule has 0 aliphatic carbocycles. The lowest BCUT2D eigenvalue weighted by atomic mass is 10.0. The molecule has 3 aromatic carbocycles. The van der Waals surface area contributed by atoms with E-state index in [4.69, 9.17) is 0 Å². The second-order valence-electron chi connectivity index (χ2n) is 7.37. The van der Waals surface area contributed by atoms with Gasteiger partial charge in [0.15, 0.2) is 0 Å². The normalized spacial score (nSPS) is 15.1. The van der Waals surface area contributed by atoms with Gasteiger partial charge in [0.05, 0.1) is 16.6 Å². The van der Waals surface area contributed by atoms with Crippen molar-refractivity contribution in [2.75, 3.05) is 10.8 Å². The average Bonchev–Trinajstić information content (AvgIpc) is 2.72. The van der Waals surface area contributed by atoms with Crippen LogP contribution in [0, 0.1) is 12.7 Å². The molecule has 1 aliphatic heterocycles. The minimum atomic E-state index is -3.89. The maximum atomic E-state index is 13.3. The molecule has 1 N–H and O–H groups in total. The predicted octanol–water partition coefficient (Wildman–Crippen LogP) is 4.19. The van der Waals surface area contributed by atoms with E-state index in [0.717, 1.165) is 21.0 Å². The minimum absolute atomic E-state index is 0.183. The van der Waals surface area contributed by atoms with E-state index in [0.29, 0.717) is 11.3 Å². The summed E-state index contributed by atoms with van der Waals surface area (Å²) in [7, 11) is -3.89. The number of halogens is 1. The van der Waals surface area contributed by atoms with Crippen LogP contribution in [0.5, 0.6) is 0 Å². The summed E-state index contributed by atoms with van der Waals surface area (Å²) in [5.41, 5.74) is 3.61. The van der Waals surface area contributed by atoms with Crippen molar-refractivity contribution in [1.82, 2.24) is 5.32 Å². The maximum Gasteiger partial charge on any atom is 0.265 e. The molecule has 4 rings (SSSR count). The first-order valence-electron chi connectivity index (χ1n) is 9.55. The Kier molecular flexibility index (Phi) is 5.07. The number of nitrogens with zero attached hydrogens (tertiary/aromatic N) is 1. The summed E-state index contributed by atoms with van der Waals surface area (Å²) in [6.07, 6.45) is 0. The summed E-state index contributed by atoms with van der Waals surface area (Å²) in [5, 5.41) is 2.80. The molecule has 0 saturated heterocycles. The minimum Gasteiger partial charge on any atom is -0.348 e. The Morgan fingerprint density at radius 2 is 1.73 bits per heavy atom. The number of carbonyl (C=O) groups is 1. The first-order chi connectivity index (χ1) is 14.3. The van der Waals surface area contributed by atoms with Crippen molar-refractivity contribution in [3.63, 3.8) is 0 Å². The van der Waals surface area contributed by atoms with E-state index in [1.54, 1.807) is 49.4 Å². The summed E-state index contributed by atoms with van der Waals surface area (Å²) in [6.45, 7) is 3.36. The number of hydrogen-bond donors (Lipinski definition) is 1. The number of benzene rings is 3. The number of hydrogen-bond acceptors (Lipinski definition) is 3. The highest BCUT2D eigenvalue weighted by atomic mass is 32.2. The molecule has 1 atom stereocenters. The highest BCUT2D eigenvalue weighted by Crippen LogP contribution is 2.43. The fraction of sp³-hybridized carbons (Fsp3) is 0.174. The van der Waals surface area contributed by atoms with Gasteiger partial charge in [0.25, 0.3) is 10.0 Å². The van der Waals surface area contributed by atoms with E-state index in [9.17, 15) is 17.6 Å². The van der Waals surface area contributed by atoms with E-state index in [2.05, 4.69) is 5.32 Å². The number of sulfonamides is 1. The van der Waals surface area contributed by atoms with Crippen LogP contribution in [0.4, 0.5) is 10.1 Å². The number of aryl methyl sites for hydroxylation is 1. The molecule has 0 bridgehead atoms. The first kappa shape index (κ1) is 20.1. The fourth-order valence-electron chi connectivity index (χ4n) is 3.67. The van der Waals surface area contributed by atoms with Gasteiger partial charge >= 0.3 is 0 Å². The van der Waals surface area contributed by atoms with Gasteiger partial charge < -0.3 is 5.32 Å². The lowest BCUT2D eigenvalue weighted by Crippen LogP contribution is -2.43. The van der Waals surface area contributed by atoms with Crippen molar-refractivity contribution >= 4 is 21.6 Å². The quantitative estimate of drug-likeness (QED) is 0.683. The van der Waals surface area contributed by atoms with Gasteiger partial charge in [-0.25, -0.2) is 12.8 Å². The fourth-order valence-corrected chi connectivity index (χ4v) is 5.32. The van der Waals surface area contributed by atoms with Crippen molar-refractivity contribution < 1.29 is 17.6 Å². The van der Waals surface area contributed by atoms with Gasteiger partial charge in [-0.3, -0.25) is 9.10 Å². The first-order valence-corrected chi connectivity index (χ1v) is 11.0. The van der Waals surface area contributed by atoms with E-state index in [1.807, 2.05) is 19.1 Å². The summed E-state index contributed by atoms with van der Waals surface area (Å²) in [5.74, 6) is -0.802. The summed E-state index contributed by atoms with van der Waals surface area (Å²) >= 11 is 0. The van der Waals surface area contributed by atoms with E-state index < -0.39 is 22.0 Å². The molecule has 30 heavy (non-hydrogen) atoms. The molecule has 0 fully saturated rings. The van der Waals surface area contributed by atoms with Gasteiger partial charge in [-0.1, -0.05) is 42.0 Å². The molecule has 0 radical (unpaired) electrons. The average molecular weight is 424 g/mol. The third-order valence-electron chi connectivity index (χ3n) is 5.20. The lowest BCUT2D eigenvalue weighted by molar-refractivity contribution is -0.120. The van der Waals surface area contributed by atoms with Crippen LogP contribution in [0.3, 0.4) is 0 Å². The van der Waals surface area contributed by atoms with Gasteiger partial charge in [0.2, 0.25) is 5.91 Å². The van der Waals surface area contributed by atoms with Crippen molar-refractivity contribution in [1.29, 1.82) is 0 Å². The summed E-state index contributed by atoms with van der Waals surface area (Å²) in [6, 6.07) is 17.7. The molecular weight excluding hydrogens is 403 g/mol. The Bertz CT molecular complexity index is 1220. The van der Waals surface area contributed by atoms with Crippen LogP contribution < -0.4 is 9.62 Å². The molecular formula is C23H21FN2O3S. The molecule has 3 aromatic rings. The molecule has 7 heteroatoms. The summed E-state index contributed by atoms with van der Waals surface area (Å²) < 4.78 is 40.9. The number of anilines is 1. The maximum absolute atomic E-state index is 13.3. The second-order valence-corrected chi connectivity index (χ2v) is 9.20. The van der Waals surface area contributed by atoms with Crippen molar-refractivity contribution in [2.24, 2.45) is 0 Å².